The van der Waals surface area contributed by atoms with E-state index in [1.54, 1.807) is 0 Å². The Balaban J connectivity index is 1.62. The molecular weight excluding hydrogens is 332 g/mol. The average molecular weight is 356 g/mol. The summed E-state index contributed by atoms with van der Waals surface area (Å²) < 4.78 is 12.2. The van der Waals surface area contributed by atoms with Crippen LogP contribution in [0.2, 0.25) is 0 Å². The zero-order chi connectivity index (χ0) is 18.8. The van der Waals surface area contributed by atoms with Gasteiger partial charge in [-0.3, -0.25) is 0 Å². The lowest BCUT2D eigenvalue weighted by Gasteiger charge is -2.30. The number of ether oxygens (including phenoxy) is 2. The van der Waals surface area contributed by atoms with Gasteiger partial charge in [-0.1, -0.05) is 60.7 Å². The number of hydrogen-bond acceptors (Lipinski definition) is 2. The van der Waals surface area contributed by atoms with Gasteiger partial charge in [0.2, 0.25) is 0 Å². The summed E-state index contributed by atoms with van der Waals surface area (Å²) >= 11 is 0. The van der Waals surface area contributed by atoms with Crippen molar-refractivity contribution in [3.63, 3.8) is 0 Å². The van der Waals surface area contributed by atoms with Crippen molar-refractivity contribution < 1.29 is 9.47 Å². The molecule has 0 bridgehead atoms. The Morgan fingerprint density at radius 2 is 1.26 bits per heavy atom. The van der Waals surface area contributed by atoms with Crippen LogP contribution in [0.3, 0.4) is 0 Å². The van der Waals surface area contributed by atoms with Crippen molar-refractivity contribution in [1.82, 2.24) is 0 Å². The van der Waals surface area contributed by atoms with Gasteiger partial charge < -0.3 is 9.47 Å². The second kappa shape index (κ2) is 5.54. The maximum atomic E-state index is 6.10. The molecule has 1 saturated heterocycles. The molecule has 2 nitrogen and oxygen atoms in total. The molecule has 0 aliphatic carbocycles. The highest BCUT2D eigenvalue weighted by Crippen LogP contribution is 2.39. The highest BCUT2D eigenvalue weighted by molar-refractivity contribution is 6.24. The van der Waals surface area contributed by atoms with Crippen molar-refractivity contribution in [3.8, 4) is 0 Å². The third-order valence-corrected chi connectivity index (χ3v) is 6.27. The molecule has 1 aliphatic rings. The molecule has 1 fully saturated rings. The van der Waals surface area contributed by atoms with E-state index in [0.717, 1.165) is 0 Å². The molecule has 0 radical (unpaired) electrons. The Hall–Kier alpha value is -2.42. The topological polar surface area (TPSA) is 18.5 Å². The molecule has 0 aromatic heterocycles. The van der Waals surface area contributed by atoms with Crippen molar-refractivity contribution in [2.75, 3.05) is 0 Å². The van der Waals surface area contributed by atoms with Crippen LogP contribution in [0.25, 0.3) is 38.4 Å². The number of hydrogen-bond donors (Lipinski definition) is 0. The second-order valence-corrected chi connectivity index (χ2v) is 8.49. The smallest absolute Gasteiger partial charge is 0.178 e. The molecule has 0 atom stereocenters. The SMILES string of the molecule is CC1(C)OC(/C=C/c2ccc3ccc4cccc5ccc2c3c45)OC1(C)C. The summed E-state index contributed by atoms with van der Waals surface area (Å²) in [6, 6.07) is 19.8. The van der Waals surface area contributed by atoms with E-state index < -0.39 is 0 Å². The monoisotopic (exact) mass is 356 g/mol. The van der Waals surface area contributed by atoms with E-state index in [4.69, 9.17) is 9.47 Å². The minimum atomic E-state index is -0.325. The van der Waals surface area contributed by atoms with E-state index in [1.165, 1.54) is 37.9 Å². The molecule has 136 valence electrons. The molecule has 0 amide bonds. The van der Waals surface area contributed by atoms with Gasteiger partial charge >= 0.3 is 0 Å². The molecule has 0 spiro atoms. The van der Waals surface area contributed by atoms with Gasteiger partial charge in [0.1, 0.15) is 0 Å². The highest BCUT2D eigenvalue weighted by atomic mass is 16.7. The number of benzene rings is 4. The molecule has 0 N–H and O–H groups in total. The van der Waals surface area contributed by atoms with Gasteiger partial charge in [0.15, 0.2) is 6.29 Å². The van der Waals surface area contributed by atoms with E-state index in [1.807, 2.05) is 6.08 Å². The summed E-state index contributed by atoms with van der Waals surface area (Å²) in [7, 11) is 0. The first-order valence-corrected chi connectivity index (χ1v) is 9.56. The molecule has 27 heavy (non-hydrogen) atoms. The van der Waals surface area contributed by atoms with E-state index in [9.17, 15) is 0 Å². The Morgan fingerprint density at radius 3 is 1.93 bits per heavy atom. The van der Waals surface area contributed by atoms with Crippen LogP contribution < -0.4 is 0 Å². The summed E-state index contributed by atoms with van der Waals surface area (Å²) in [4.78, 5) is 0. The van der Waals surface area contributed by atoms with Gasteiger partial charge in [0.05, 0.1) is 11.2 Å². The quantitative estimate of drug-likeness (QED) is 0.380. The van der Waals surface area contributed by atoms with Crippen LogP contribution in [0.15, 0.2) is 60.7 Å². The molecular formula is C25H24O2. The third kappa shape index (κ3) is 2.48. The Labute approximate surface area is 159 Å². The molecule has 1 aliphatic heterocycles. The van der Waals surface area contributed by atoms with Crippen LogP contribution in [-0.4, -0.2) is 17.5 Å². The first kappa shape index (κ1) is 16.7. The molecule has 2 heteroatoms. The summed E-state index contributed by atoms with van der Waals surface area (Å²) in [6.07, 6.45) is 3.84. The average Bonchev–Trinajstić information content (AvgIpc) is 2.85. The second-order valence-electron chi connectivity index (χ2n) is 8.49. The van der Waals surface area contributed by atoms with Crippen LogP contribution in [-0.2, 0) is 9.47 Å². The molecule has 0 unspecified atom stereocenters. The lowest BCUT2D eigenvalue weighted by Crippen LogP contribution is -2.41. The van der Waals surface area contributed by atoms with Gasteiger partial charge in [0, 0.05) is 0 Å². The fraction of sp³-hybridized carbons (Fsp3) is 0.280. The fourth-order valence-electron chi connectivity index (χ4n) is 4.05. The van der Waals surface area contributed by atoms with Crippen molar-refractivity contribution in [2.24, 2.45) is 0 Å². The minimum absolute atomic E-state index is 0.315. The van der Waals surface area contributed by atoms with Gasteiger partial charge in [-0.15, -0.1) is 0 Å². The van der Waals surface area contributed by atoms with Crippen LogP contribution in [0.4, 0.5) is 0 Å². The zero-order valence-electron chi connectivity index (χ0n) is 16.2. The van der Waals surface area contributed by atoms with E-state index in [0.29, 0.717) is 0 Å². The van der Waals surface area contributed by atoms with Crippen molar-refractivity contribution in [1.29, 1.82) is 0 Å². The molecule has 1 heterocycles. The highest BCUT2D eigenvalue weighted by Gasteiger charge is 2.48. The van der Waals surface area contributed by atoms with E-state index in [-0.39, 0.29) is 17.5 Å². The maximum Gasteiger partial charge on any atom is 0.178 e. The normalized spacial score (nSPS) is 19.9. The summed E-state index contributed by atoms with van der Waals surface area (Å²) in [5, 5.41) is 7.81. The van der Waals surface area contributed by atoms with Crippen LogP contribution in [0, 0.1) is 0 Å². The molecule has 0 saturated carbocycles. The third-order valence-electron chi connectivity index (χ3n) is 6.27. The predicted octanol–water partition coefficient (Wildman–Crippen LogP) is 6.53. The molecule has 4 aromatic carbocycles. The molecule has 5 rings (SSSR count). The first-order chi connectivity index (χ1) is 12.9. The van der Waals surface area contributed by atoms with Crippen molar-refractivity contribution in [3.05, 3.63) is 66.2 Å². The Morgan fingerprint density at radius 1 is 0.704 bits per heavy atom. The Bertz CT molecular complexity index is 1150. The molecule has 4 aromatic rings. The predicted molar refractivity (Wildman–Crippen MR) is 113 cm³/mol. The zero-order valence-corrected chi connectivity index (χ0v) is 16.2. The van der Waals surface area contributed by atoms with Crippen LogP contribution in [0.5, 0.6) is 0 Å². The largest absolute Gasteiger partial charge is 0.340 e. The Kier molecular flexibility index (Phi) is 3.43. The minimum Gasteiger partial charge on any atom is -0.340 e. The summed E-state index contributed by atoms with van der Waals surface area (Å²) in [5.41, 5.74) is 0.561. The standard InChI is InChI=1S/C25H24O2/c1-24(2)25(3,4)27-21(26-24)15-13-16-8-9-19-11-10-17-6-5-7-18-12-14-20(16)23(19)22(17)18/h5-15,21H,1-4H3/b15-13+. The van der Waals surface area contributed by atoms with E-state index in [2.05, 4.69) is 88.4 Å². The van der Waals surface area contributed by atoms with Crippen LogP contribution >= 0.6 is 0 Å². The van der Waals surface area contributed by atoms with Crippen LogP contribution in [0.1, 0.15) is 33.3 Å². The summed E-state index contributed by atoms with van der Waals surface area (Å²) in [6.45, 7) is 8.32. The van der Waals surface area contributed by atoms with Crippen molar-refractivity contribution >= 4 is 38.4 Å². The number of rotatable bonds is 2. The lowest BCUT2D eigenvalue weighted by atomic mass is 9.90. The van der Waals surface area contributed by atoms with Gasteiger partial charge in [-0.05, 0) is 71.7 Å². The summed E-state index contributed by atoms with van der Waals surface area (Å²) in [5.74, 6) is 0. The van der Waals surface area contributed by atoms with Gasteiger partial charge in [0.25, 0.3) is 0 Å². The maximum absolute atomic E-state index is 6.10. The van der Waals surface area contributed by atoms with E-state index >= 15 is 0 Å². The lowest BCUT2D eigenvalue weighted by molar-refractivity contribution is -0.0499. The fourth-order valence-corrected chi connectivity index (χ4v) is 4.05. The van der Waals surface area contributed by atoms with Gasteiger partial charge in [-0.25, -0.2) is 0 Å². The van der Waals surface area contributed by atoms with Gasteiger partial charge in [-0.2, -0.15) is 0 Å². The first-order valence-electron chi connectivity index (χ1n) is 9.56. The van der Waals surface area contributed by atoms with Crippen molar-refractivity contribution in [2.45, 2.75) is 45.2 Å².